The Morgan fingerprint density at radius 2 is 2.05 bits per heavy atom. The first-order chi connectivity index (χ1) is 9.05. The van der Waals surface area contributed by atoms with Gasteiger partial charge < -0.3 is 15.4 Å². The van der Waals surface area contributed by atoms with Gasteiger partial charge in [-0.1, -0.05) is 13.0 Å². The Bertz CT molecular complexity index is 446. The second-order valence-electron chi connectivity index (χ2n) is 4.33. The van der Waals surface area contributed by atoms with E-state index in [1.807, 2.05) is 13.8 Å². The van der Waals surface area contributed by atoms with Gasteiger partial charge in [0.15, 0.2) is 0 Å². The van der Waals surface area contributed by atoms with Crippen molar-refractivity contribution in [2.45, 2.75) is 32.7 Å². The average molecular weight is 264 g/mol. The second kappa shape index (κ2) is 7.41. The number of amides is 2. The summed E-state index contributed by atoms with van der Waals surface area (Å²) >= 11 is 0. The Balaban J connectivity index is 2.48. The molecule has 0 aromatic heterocycles. The lowest BCUT2D eigenvalue weighted by molar-refractivity contribution is -0.127. The molecule has 1 rings (SSSR count). The minimum absolute atomic E-state index is 0.0807. The van der Waals surface area contributed by atoms with Crippen molar-refractivity contribution in [1.82, 2.24) is 5.32 Å². The molecule has 1 aromatic rings. The molecule has 2 amide bonds. The van der Waals surface area contributed by atoms with Gasteiger partial charge in [0.05, 0.1) is 7.11 Å². The van der Waals surface area contributed by atoms with Crippen molar-refractivity contribution < 1.29 is 14.3 Å². The topological polar surface area (TPSA) is 67.4 Å². The van der Waals surface area contributed by atoms with E-state index in [2.05, 4.69) is 10.6 Å². The van der Waals surface area contributed by atoms with E-state index in [4.69, 9.17) is 4.74 Å². The Morgan fingerprint density at radius 3 is 2.68 bits per heavy atom. The highest BCUT2D eigenvalue weighted by Gasteiger charge is 2.11. The molecule has 19 heavy (non-hydrogen) atoms. The molecule has 0 radical (unpaired) electrons. The maximum atomic E-state index is 11.7. The summed E-state index contributed by atoms with van der Waals surface area (Å²) in [6, 6.07) is 7.08. The van der Waals surface area contributed by atoms with E-state index in [9.17, 15) is 9.59 Å². The van der Waals surface area contributed by atoms with Gasteiger partial charge in [-0.2, -0.15) is 0 Å². The quantitative estimate of drug-likeness (QED) is 0.772. The van der Waals surface area contributed by atoms with Crippen LogP contribution in [0.3, 0.4) is 0 Å². The molecule has 0 saturated carbocycles. The summed E-state index contributed by atoms with van der Waals surface area (Å²) in [5, 5.41) is 5.40. The van der Waals surface area contributed by atoms with Gasteiger partial charge in [0.1, 0.15) is 12.2 Å². The van der Waals surface area contributed by atoms with E-state index in [1.54, 1.807) is 31.4 Å². The molecule has 1 unspecified atom stereocenters. The minimum atomic E-state index is -0.339. The smallest absolute Gasteiger partial charge is 0.233 e. The first-order valence-corrected chi connectivity index (χ1v) is 6.28. The number of benzene rings is 1. The third kappa shape index (κ3) is 5.42. The summed E-state index contributed by atoms with van der Waals surface area (Å²) in [7, 11) is 1.56. The summed E-state index contributed by atoms with van der Waals surface area (Å²) in [6.45, 7) is 3.87. The fourth-order valence-corrected chi connectivity index (χ4v) is 1.48. The fourth-order valence-electron chi connectivity index (χ4n) is 1.48. The molecule has 104 valence electrons. The predicted octanol–water partition coefficient (Wildman–Crippen LogP) is 1.94. The average Bonchev–Trinajstić information content (AvgIpc) is 2.38. The fraction of sp³-hybridized carbons (Fsp3) is 0.429. The number of nitrogens with one attached hydrogen (secondary N) is 2. The van der Waals surface area contributed by atoms with Gasteiger partial charge >= 0.3 is 0 Å². The Kier molecular flexibility index (Phi) is 5.85. The third-order valence-electron chi connectivity index (χ3n) is 2.69. The second-order valence-corrected chi connectivity index (χ2v) is 4.33. The number of rotatable bonds is 6. The van der Waals surface area contributed by atoms with Gasteiger partial charge in [-0.25, -0.2) is 0 Å². The summed E-state index contributed by atoms with van der Waals surface area (Å²) in [4.78, 5) is 23.2. The molecule has 0 aliphatic heterocycles. The van der Waals surface area contributed by atoms with Gasteiger partial charge in [0.25, 0.3) is 0 Å². The summed E-state index contributed by atoms with van der Waals surface area (Å²) in [6.07, 6.45) is 0.658. The lowest BCUT2D eigenvalue weighted by atomic mass is 10.2. The molecule has 0 fully saturated rings. The van der Waals surface area contributed by atoms with E-state index in [0.29, 0.717) is 11.4 Å². The normalized spacial score (nSPS) is 11.5. The van der Waals surface area contributed by atoms with E-state index < -0.39 is 0 Å². The summed E-state index contributed by atoms with van der Waals surface area (Å²) in [5.41, 5.74) is 0.612. The number of carbonyl (C=O) groups excluding carboxylic acids is 2. The molecule has 0 bridgehead atoms. The van der Waals surface area contributed by atoms with E-state index in [-0.39, 0.29) is 24.3 Å². The molecule has 0 spiro atoms. The van der Waals surface area contributed by atoms with Crippen molar-refractivity contribution >= 4 is 17.5 Å². The van der Waals surface area contributed by atoms with Crippen molar-refractivity contribution in [2.24, 2.45) is 0 Å². The van der Waals surface area contributed by atoms with Crippen molar-refractivity contribution in [1.29, 1.82) is 0 Å². The van der Waals surface area contributed by atoms with Crippen molar-refractivity contribution in [3.05, 3.63) is 24.3 Å². The van der Waals surface area contributed by atoms with Crippen molar-refractivity contribution in [2.75, 3.05) is 12.4 Å². The largest absolute Gasteiger partial charge is 0.497 e. The van der Waals surface area contributed by atoms with Gasteiger partial charge in [-0.05, 0) is 25.5 Å². The van der Waals surface area contributed by atoms with E-state index in [1.165, 1.54) is 0 Å². The van der Waals surface area contributed by atoms with Gasteiger partial charge in [0, 0.05) is 17.8 Å². The molecule has 0 aliphatic rings. The van der Waals surface area contributed by atoms with E-state index in [0.717, 1.165) is 6.42 Å². The number of hydrogen-bond acceptors (Lipinski definition) is 3. The molecule has 0 heterocycles. The molecule has 5 nitrogen and oxygen atoms in total. The zero-order valence-electron chi connectivity index (χ0n) is 11.5. The number of anilines is 1. The highest BCUT2D eigenvalue weighted by atomic mass is 16.5. The predicted molar refractivity (Wildman–Crippen MR) is 74.1 cm³/mol. The molecular weight excluding hydrogens is 244 g/mol. The van der Waals surface area contributed by atoms with Crippen molar-refractivity contribution in [3.8, 4) is 5.75 Å². The lowest BCUT2D eigenvalue weighted by Gasteiger charge is -2.11. The summed E-state index contributed by atoms with van der Waals surface area (Å²) in [5.74, 6) is 0.0469. The van der Waals surface area contributed by atoms with E-state index >= 15 is 0 Å². The van der Waals surface area contributed by atoms with Crippen LogP contribution in [0.25, 0.3) is 0 Å². The molecule has 0 aliphatic carbocycles. The number of ether oxygens (including phenoxy) is 1. The SMILES string of the molecule is CCC(C)NC(=O)CC(=O)Nc1cccc(OC)c1. The lowest BCUT2D eigenvalue weighted by Crippen LogP contribution is -2.34. The molecular formula is C14H20N2O3. The molecule has 2 N–H and O–H groups in total. The van der Waals surface area contributed by atoms with Crippen LogP contribution in [0.2, 0.25) is 0 Å². The molecule has 1 aromatic carbocycles. The highest BCUT2D eigenvalue weighted by molar-refractivity contribution is 6.03. The van der Waals surface area contributed by atoms with Crippen LogP contribution in [0, 0.1) is 0 Å². The van der Waals surface area contributed by atoms with Crippen LogP contribution < -0.4 is 15.4 Å². The van der Waals surface area contributed by atoms with Crippen LogP contribution in [0.1, 0.15) is 26.7 Å². The van der Waals surface area contributed by atoms with Crippen LogP contribution in [-0.2, 0) is 9.59 Å². The van der Waals surface area contributed by atoms with Crippen molar-refractivity contribution in [3.63, 3.8) is 0 Å². The zero-order valence-corrected chi connectivity index (χ0v) is 11.5. The van der Waals surface area contributed by atoms with Gasteiger partial charge in [-0.3, -0.25) is 9.59 Å². The Labute approximate surface area is 113 Å². The maximum absolute atomic E-state index is 11.7. The zero-order chi connectivity index (χ0) is 14.3. The molecule has 1 atom stereocenters. The Hall–Kier alpha value is -2.04. The van der Waals surface area contributed by atoms with Gasteiger partial charge in [-0.15, -0.1) is 0 Å². The summed E-state index contributed by atoms with van der Waals surface area (Å²) < 4.78 is 5.05. The number of hydrogen-bond donors (Lipinski definition) is 2. The number of carbonyl (C=O) groups is 2. The first-order valence-electron chi connectivity index (χ1n) is 6.28. The highest BCUT2D eigenvalue weighted by Crippen LogP contribution is 2.16. The van der Waals surface area contributed by atoms with Crippen LogP contribution >= 0.6 is 0 Å². The molecule has 5 heteroatoms. The maximum Gasteiger partial charge on any atom is 0.233 e. The van der Waals surface area contributed by atoms with Crippen LogP contribution in [-0.4, -0.2) is 25.0 Å². The minimum Gasteiger partial charge on any atom is -0.497 e. The monoisotopic (exact) mass is 264 g/mol. The van der Waals surface area contributed by atoms with Crippen LogP contribution in [0.4, 0.5) is 5.69 Å². The number of methoxy groups -OCH3 is 1. The third-order valence-corrected chi connectivity index (χ3v) is 2.69. The van der Waals surface area contributed by atoms with Gasteiger partial charge in [0.2, 0.25) is 11.8 Å². The first kappa shape index (κ1) is 15.0. The standard InChI is InChI=1S/C14H20N2O3/c1-4-10(2)15-13(17)9-14(18)16-11-6-5-7-12(8-11)19-3/h5-8,10H,4,9H2,1-3H3,(H,15,17)(H,16,18). The molecule has 0 saturated heterocycles. The Morgan fingerprint density at radius 1 is 1.32 bits per heavy atom. The van der Waals surface area contributed by atoms with Crippen LogP contribution in [0.5, 0.6) is 5.75 Å². The van der Waals surface area contributed by atoms with Crippen LogP contribution in [0.15, 0.2) is 24.3 Å².